The highest BCUT2D eigenvalue weighted by molar-refractivity contribution is 5.97. The highest BCUT2D eigenvalue weighted by Gasteiger charge is 2.31. The van der Waals surface area contributed by atoms with Crippen molar-refractivity contribution in [3.63, 3.8) is 0 Å². The SMILES string of the molecule is CC(C)C[C@H](NC(=O)c1ccccc1)C(=O)N[C@H]1CCOC1O. The van der Waals surface area contributed by atoms with Crippen LogP contribution in [0.25, 0.3) is 0 Å². The van der Waals surface area contributed by atoms with Crippen LogP contribution in [0, 0.1) is 5.92 Å². The molecule has 3 N–H and O–H groups in total. The van der Waals surface area contributed by atoms with Gasteiger partial charge in [-0.25, -0.2) is 0 Å². The Kier molecular flexibility index (Phi) is 6.12. The molecule has 1 fully saturated rings. The van der Waals surface area contributed by atoms with E-state index < -0.39 is 18.4 Å². The number of aliphatic hydroxyl groups excluding tert-OH is 1. The molecule has 23 heavy (non-hydrogen) atoms. The van der Waals surface area contributed by atoms with Gasteiger partial charge in [-0.15, -0.1) is 0 Å². The number of benzene rings is 1. The molecule has 1 saturated heterocycles. The molecule has 6 nitrogen and oxygen atoms in total. The van der Waals surface area contributed by atoms with E-state index in [2.05, 4.69) is 10.6 Å². The molecule has 2 rings (SSSR count). The molecule has 0 radical (unpaired) electrons. The van der Waals surface area contributed by atoms with E-state index in [1.165, 1.54) is 0 Å². The molecule has 0 spiro atoms. The van der Waals surface area contributed by atoms with Crippen LogP contribution in [0.4, 0.5) is 0 Å². The number of aliphatic hydroxyl groups is 1. The van der Waals surface area contributed by atoms with Crippen molar-refractivity contribution >= 4 is 11.8 Å². The van der Waals surface area contributed by atoms with Gasteiger partial charge in [0.05, 0.1) is 12.6 Å². The highest BCUT2D eigenvalue weighted by atomic mass is 16.6. The predicted octanol–water partition coefficient (Wildman–Crippen LogP) is 1.05. The van der Waals surface area contributed by atoms with Gasteiger partial charge < -0.3 is 20.5 Å². The quantitative estimate of drug-likeness (QED) is 0.731. The first-order valence-corrected chi connectivity index (χ1v) is 7.93. The number of nitrogens with one attached hydrogen (secondary N) is 2. The summed E-state index contributed by atoms with van der Waals surface area (Å²) in [6, 6.07) is 7.72. The minimum atomic E-state index is -0.983. The maximum Gasteiger partial charge on any atom is 0.251 e. The van der Waals surface area contributed by atoms with Gasteiger partial charge in [0.25, 0.3) is 5.91 Å². The molecule has 126 valence electrons. The van der Waals surface area contributed by atoms with Gasteiger partial charge in [-0.05, 0) is 30.9 Å². The number of hydrogen-bond acceptors (Lipinski definition) is 4. The second kappa shape index (κ2) is 8.08. The van der Waals surface area contributed by atoms with Crippen molar-refractivity contribution in [3.8, 4) is 0 Å². The Labute approximate surface area is 136 Å². The topological polar surface area (TPSA) is 87.7 Å². The van der Waals surface area contributed by atoms with E-state index in [1.54, 1.807) is 24.3 Å². The first kappa shape index (κ1) is 17.4. The van der Waals surface area contributed by atoms with Crippen molar-refractivity contribution in [3.05, 3.63) is 35.9 Å². The molecule has 6 heteroatoms. The monoisotopic (exact) mass is 320 g/mol. The molecule has 0 bridgehead atoms. The summed E-state index contributed by atoms with van der Waals surface area (Å²) in [6.07, 6.45) is 0.102. The van der Waals surface area contributed by atoms with Crippen molar-refractivity contribution in [2.45, 2.75) is 45.1 Å². The van der Waals surface area contributed by atoms with E-state index in [-0.39, 0.29) is 17.7 Å². The minimum absolute atomic E-state index is 0.242. The number of amides is 2. The maximum absolute atomic E-state index is 12.5. The largest absolute Gasteiger partial charge is 0.366 e. The third kappa shape index (κ3) is 5.04. The lowest BCUT2D eigenvalue weighted by Crippen LogP contribution is -2.51. The predicted molar refractivity (Wildman–Crippen MR) is 85.7 cm³/mol. The molecule has 1 unspecified atom stereocenters. The summed E-state index contributed by atoms with van der Waals surface area (Å²) in [4.78, 5) is 24.7. The average Bonchev–Trinajstić information content (AvgIpc) is 2.92. The Balaban J connectivity index is 2.01. The third-order valence-electron chi connectivity index (χ3n) is 3.75. The second-order valence-corrected chi connectivity index (χ2v) is 6.19. The minimum Gasteiger partial charge on any atom is -0.366 e. The molecule has 1 heterocycles. The average molecular weight is 320 g/mol. The van der Waals surface area contributed by atoms with E-state index in [9.17, 15) is 14.7 Å². The number of hydrogen-bond donors (Lipinski definition) is 3. The Morgan fingerprint density at radius 1 is 1.30 bits per heavy atom. The van der Waals surface area contributed by atoms with Crippen molar-refractivity contribution in [2.75, 3.05) is 6.61 Å². The van der Waals surface area contributed by atoms with Gasteiger partial charge in [0.2, 0.25) is 5.91 Å². The smallest absolute Gasteiger partial charge is 0.251 e. The molecule has 1 aromatic rings. The lowest BCUT2D eigenvalue weighted by molar-refractivity contribution is -0.127. The van der Waals surface area contributed by atoms with Gasteiger partial charge in [0.1, 0.15) is 6.04 Å². The van der Waals surface area contributed by atoms with E-state index in [0.717, 1.165) is 0 Å². The van der Waals surface area contributed by atoms with Crippen LogP contribution >= 0.6 is 0 Å². The van der Waals surface area contributed by atoms with Crippen LogP contribution in [0.1, 0.15) is 37.0 Å². The Bertz CT molecular complexity index is 533. The molecule has 2 amide bonds. The first-order valence-electron chi connectivity index (χ1n) is 7.93. The normalized spacial score (nSPS) is 21.9. The van der Waals surface area contributed by atoms with Crippen LogP contribution in [-0.2, 0) is 9.53 Å². The lowest BCUT2D eigenvalue weighted by atomic mass is 10.0. The maximum atomic E-state index is 12.5. The molecule has 1 aliphatic heterocycles. The van der Waals surface area contributed by atoms with Crippen LogP contribution in [0.15, 0.2) is 30.3 Å². The molecular weight excluding hydrogens is 296 g/mol. The summed E-state index contributed by atoms with van der Waals surface area (Å²) >= 11 is 0. The fraction of sp³-hybridized carbons (Fsp3) is 0.529. The van der Waals surface area contributed by atoms with Crippen LogP contribution in [-0.4, -0.2) is 41.9 Å². The van der Waals surface area contributed by atoms with Crippen LogP contribution < -0.4 is 10.6 Å². The molecule has 1 aliphatic rings. The summed E-state index contributed by atoms with van der Waals surface area (Å²) in [5, 5.41) is 15.2. The summed E-state index contributed by atoms with van der Waals surface area (Å²) < 4.78 is 5.03. The molecule has 0 saturated carbocycles. The van der Waals surface area contributed by atoms with Crippen molar-refractivity contribution in [1.82, 2.24) is 10.6 Å². The fourth-order valence-electron chi connectivity index (χ4n) is 2.54. The van der Waals surface area contributed by atoms with Gasteiger partial charge >= 0.3 is 0 Å². The zero-order valence-electron chi connectivity index (χ0n) is 13.5. The van der Waals surface area contributed by atoms with Gasteiger partial charge in [0, 0.05) is 5.56 Å². The van der Waals surface area contributed by atoms with Gasteiger partial charge in [0.15, 0.2) is 6.29 Å². The number of carbonyl (C=O) groups excluding carboxylic acids is 2. The summed E-state index contributed by atoms with van der Waals surface area (Å²) in [7, 11) is 0. The zero-order chi connectivity index (χ0) is 16.8. The number of carbonyl (C=O) groups is 2. The Morgan fingerprint density at radius 2 is 2.00 bits per heavy atom. The van der Waals surface area contributed by atoms with Crippen LogP contribution in [0.3, 0.4) is 0 Å². The Morgan fingerprint density at radius 3 is 2.57 bits per heavy atom. The van der Waals surface area contributed by atoms with Gasteiger partial charge in [-0.3, -0.25) is 9.59 Å². The first-order chi connectivity index (χ1) is 11.0. The zero-order valence-corrected chi connectivity index (χ0v) is 13.5. The number of rotatable bonds is 6. The van der Waals surface area contributed by atoms with E-state index in [1.807, 2.05) is 19.9 Å². The third-order valence-corrected chi connectivity index (χ3v) is 3.75. The summed E-state index contributed by atoms with van der Waals surface area (Å²) in [5.74, 6) is -0.335. The van der Waals surface area contributed by atoms with Crippen molar-refractivity contribution in [1.29, 1.82) is 0 Å². The van der Waals surface area contributed by atoms with E-state index in [0.29, 0.717) is 25.0 Å². The molecule has 1 aromatic carbocycles. The second-order valence-electron chi connectivity index (χ2n) is 6.19. The highest BCUT2D eigenvalue weighted by Crippen LogP contribution is 2.12. The molecule has 0 aliphatic carbocycles. The fourth-order valence-corrected chi connectivity index (χ4v) is 2.54. The van der Waals surface area contributed by atoms with Crippen molar-refractivity contribution < 1.29 is 19.4 Å². The van der Waals surface area contributed by atoms with E-state index >= 15 is 0 Å². The van der Waals surface area contributed by atoms with Gasteiger partial charge in [-0.2, -0.15) is 0 Å². The van der Waals surface area contributed by atoms with Crippen LogP contribution in [0.2, 0.25) is 0 Å². The molecule has 3 atom stereocenters. The summed E-state index contributed by atoms with van der Waals surface area (Å²) in [6.45, 7) is 4.39. The molecular formula is C17H24N2O4. The van der Waals surface area contributed by atoms with Crippen LogP contribution in [0.5, 0.6) is 0 Å². The van der Waals surface area contributed by atoms with Gasteiger partial charge in [-0.1, -0.05) is 32.0 Å². The van der Waals surface area contributed by atoms with Crippen molar-refractivity contribution in [2.24, 2.45) is 5.92 Å². The summed E-state index contributed by atoms with van der Waals surface area (Å²) in [5.41, 5.74) is 0.512. The molecule has 0 aromatic heterocycles. The lowest BCUT2D eigenvalue weighted by Gasteiger charge is -2.23. The van der Waals surface area contributed by atoms with E-state index in [4.69, 9.17) is 4.74 Å². The standard InChI is InChI=1S/C17H24N2O4/c1-11(2)10-14(16(21)18-13-8-9-23-17(13)22)19-15(20)12-6-4-3-5-7-12/h3-7,11,13-14,17,22H,8-10H2,1-2H3,(H,18,21)(H,19,20)/t13-,14-,17?/m0/s1. The Hall–Kier alpha value is -1.92. The number of ether oxygens (including phenoxy) is 1.